The molecule has 5 heteroatoms. The zero-order valence-electron chi connectivity index (χ0n) is 7.73. The Balaban J connectivity index is 2.18. The maximum absolute atomic E-state index is 5.84. The van der Waals surface area contributed by atoms with Crippen molar-refractivity contribution in [1.29, 1.82) is 0 Å². The Labute approximate surface area is 82.1 Å². The summed E-state index contributed by atoms with van der Waals surface area (Å²) in [5.41, 5.74) is 6.63. The fraction of sp³-hybridized carbons (Fsp3) is 0.625. The lowest BCUT2D eigenvalue weighted by molar-refractivity contribution is 0.743. The van der Waals surface area contributed by atoms with E-state index in [2.05, 4.69) is 10.00 Å². The summed E-state index contributed by atoms with van der Waals surface area (Å²) in [6.07, 6.45) is 1.86. The topological polar surface area (TPSA) is 47.1 Å². The number of rotatable bonds is 1. The molecule has 0 unspecified atom stereocenters. The fourth-order valence-corrected chi connectivity index (χ4v) is 2.42. The second kappa shape index (κ2) is 3.49. The molecule has 1 fully saturated rings. The van der Waals surface area contributed by atoms with Crippen molar-refractivity contribution in [3.63, 3.8) is 0 Å². The van der Waals surface area contributed by atoms with Crippen LogP contribution in [0.5, 0.6) is 0 Å². The molecule has 0 radical (unpaired) electrons. The SMILES string of the molecule is Cn1cc(N)c(N2CCSCC2)n1. The van der Waals surface area contributed by atoms with Gasteiger partial charge in [0.25, 0.3) is 0 Å². The van der Waals surface area contributed by atoms with Gasteiger partial charge in [-0.3, -0.25) is 4.68 Å². The predicted molar refractivity (Wildman–Crippen MR) is 57.2 cm³/mol. The van der Waals surface area contributed by atoms with E-state index in [9.17, 15) is 0 Å². The van der Waals surface area contributed by atoms with Gasteiger partial charge in [0, 0.05) is 37.8 Å². The zero-order valence-corrected chi connectivity index (χ0v) is 8.55. The molecule has 0 aliphatic carbocycles. The van der Waals surface area contributed by atoms with Crippen molar-refractivity contribution in [3.05, 3.63) is 6.20 Å². The monoisotopic (exact) mass is 198 g/mol. The van der Waals surface area contributed by atoms with Crippen molar-refractivity contribution in [2.75, 3.05) is 35.2 Å². The van der Waals surface area contributed by atoms with Crippen molar-refractivity contribution in [3.8, 4) is 0 Å². The van der Waals surface area contributed by atoms with Crippen LogP contribution >= 0.6 is 11.8 Å². The van der Waals surface area contributed by atoms with Crippen molar-refractivity contribution in [2.45, 2.75) is 0 Å². The molecule has 0 amide bonds. The summed E-state index contributed by atoms with van der Waals surface area (Å²) in [5, 5.41) is 4.34. The van der Waals surface area contributed by atoms with Gasteiger partial charge in [0.15, 0.2) is 5.82 Å². The van der Waals surface area contributed by atoms with E-state index < -0.39 is 0 Å². The van der Waals surface area contributed by atoms with E-state index in [0.717, 1.165) is 24.6 Å². The van der Waals surface area contributed by atoms with Gasteiger partial charge in [-0.2, -0.15) is 16.9 Å². The molecular weight excluding hydrogens is 184 g/mol. The lowest BCUT2D eigenvalue weighted by Crippen LogP contribution is -2.33. The third kappa shape index (κ3) is 1.75. The molecule has 0 aromatic carbocycles. The van der Waals surface area contributed by atoms with Crippen LogP contribution in [0.25, 0.3) is 0 Å². The first-order chi connectivity index (χ1) is 6.27. The highest BCUT2D eigenvalue weighted by molar-refractivity contribution is 7.99. The number of nitrogens with zero attached hydrogens (tertiary/aromatic N) is 3. The third-order valence-corrected chi connectivity index (χ3v) is 3.09. The largest absolute Gasteiger partial charge is 0.394 e. The van der Waals surface area contributed by atoms with Gasteiger partial charge < -0.3 is 10.6 Å². The molecule has 0 spiro atoms. The van der Waals surface area contributed by atoms with Gasteiger partial charge in [-0.15, -0.1) is 0 Å². The van der Waals surface area contributed by atoms with Crippen molar-refractivity contribution in [2.24, 2.45) is 7.05 Å². The van der Waals surface area contributed by atoms with Gasteiger partial charge >= 0.3 is 0 Å². The van der Waals surface area contributed by atoms with E-state index in [1.54, 1.807) is 4.68 Å². The number of anilines is 2. The Kier molecular flexibility index (Phi) is 2.35. The molecule has 2 rings (SSSR count). The maximum atomic E-state index is 5.84. The smallest absolute Gasteiger partial charge is 0.173 e. The summed E-state index contributed by atoms with van der Waals surface area (Å²) in [6, 6.07) is 0. The number of thioether (sulfide) groups is 1. The molecule has 0 saturated carbocycles. The Hall–Kier alpha value is -0.840. The average molecular weight is 198 g/mol. The minimum Gasteiger partial charge on any atom is -0.394 e. The molecule has 1 aromatic heterocycles. The molecule has 1 aromatic rings. The lowest BCUT2D eigenvalue weighted by Gasteiger charge is -2.26. The van der Waals surface area contributed by atoms with Gasteiger partial charge in [-0.05, 0) is 0 Å². The van der Waals surface area contributed by atoms with Gasteiger partial charge in [0.1, 0.15) is 0 Å². The molecule has 4 nitrogen and oxygen atoms in total. The van der Waals surface area contributed by atoms with Crippen molar-refractivity contribution < 1.29 is 0 Å². The number of aryl methyl sites for hydroxylation is 1. The minimum absolute atomic E-state index is 0.786. The van der Waals surface area contributed by atoms with Gasteiger partial charge in [0.2, 0.25) is 0 Å². The first-order valence-corrected chi connectivity index (χ1v) is 5.54. The van der Waals surface area contributed by atoms with E-state index in [0.29, 0.717) is 0 Å². The highest BCUT2D eigenvalue weighted by Gasteiger charge is 2.16. The molecule has 1 aliphatic rings. The minimum atomic E-state index is 0.786. The Bertz CT molecular complexity index is 290. The first kappa shape index (κ1) is 8.74. The summed E-state index contributed by atoms with van der Waals surface area (Å²) < 4.78 is 1.77. The second-order valence-corrected chi connectivity index (χ2v) is 4.41. The van der Waals surface area contributed by atoms with Crippen molar-refractivity contribution in [1.82, 2.24) is 9.78 Å². The first-order valence-electron chi connectivity index (χ1n) is 4.39. The molecule has 1 saturated heterocycles. The summed E-state index contributed by atoms with van der Waals surface area (Å²) in [7, 11) is 1.90. The standard InChI is InChI=1S/C8H14N4S/c1-11-6-7(9)8(10-11)12-2-4-13-5-3-12/h6H,2-5,9H2,1H3. The van der Waals surface area contributed by atoms with Crippen molar-refractivity contribution >= 4 is 23.3 Å². The number of hydrogen-bond donors (Lipinski definition) is 1. The highest BCUT2D eigenvalue weighted by Crippen LogP contribution is 2.23. The van der Waals surface area contributed by atoms with Crippen LogP contribution in [0.15, 0.2) is 6.20 Å². The molecule has 0 atom stereocenters. The molecular formula is C8H14N4S. The summed E-state index contributed by atoms with van der Waals surface area (Å²) in [5.74, 6) is 3.30. The molecule has 13 heavy (non-hydrogen) atoms. The van der Waals surface area contributed by atoms with E-state index in [-0.39, 0.29) is 0 Å². The van der Waals surface area contributed by atoms with Crippen LogP contribution in [0.1, 0.15) is 0 Å². The summed E-state index contributed by atoms with van der Waals surface area (Å²) in [4.78, 5) is 2.26. The van der Waals surface area contributed by atoms with Crippen LogP contribution in [-0.2, 0) is 7.05 Å². The lowest BCUT2D eigenvalue weighted by atomic mass is 10.4. The Morgan fingerprint density at radius 3 is 2.69 bits per heavy atom. The zero-order chi connectivity index (χ0) is 9.26. The van der Waals surface area contributed by atoms with Crippen LogP contribution in [0.4, 0.5) is 11.5 Å². The van der Waals surface area contributed by atoms with Crippen LogP contribution in [0.2, 0.25) is 0 Å². The van der Waals surface area contributed by atoms with Crippen LogP contribution in [0, 0.1) is 0 Å². The van der Waals surface area contributed by atoms with Crippen LogP contribution in [-0.4, -0.2) is 34.4 Å². The van der Waals surface area contributed by atoms with Gasteiger partial charge in [0.05, 0.1) is 5.69 Å². The maximum Gasteiger partial charge on any atom is 0.173 e. The molecule has 2 heterocycles. The van der Waals surface area contributed by atoms with Gasteiger partial charge in [-0.25, -0.2) is 0 Å². The van der Waals surface area contributed by atoms with E-state index in [1.165, 1.54) is 11.5 Å². The predicted octanol–water partition coefficient (Wildman–Crippen LogP) is 0.555. The van der Waals surface area contributed by atoms with E-state index >= 15 is 0 Å². The molecule has 72 valence electrons. The Morgan fingerprint density at radius 2 is 2.15 bits per heavy atom. The van der Waals surface area contributed by atoms with E-state index in [1.807, 2.05) is 25.0 Å². The quantitative estimate of drug-likeness (QED) is 0.716. The number of nitrogens with two attached hydrogens (primary N) is 1. The number of aromatic nitrogens is 2. The normalized spacial score (nSPS) is 17.8. The number of hydrogen-bond acceptors (Lipinski definition) is 4. The highest BCUT2D eigenvalue weighted by atomic mass is 32.2. The Morgan fingerprint density at radius 1 is 1.46 bits per heavy atom. The number of nitrogen functional groups attached to an aromatic ring is 1. The second-order valence-electron chi connectivity index (χ2n) is 3.18. The van der Waals surface area contributed by atoms with Gasteiger partial charge in [-0.1, -0.05) is 0 Å². The third-order valence-electron chi connectivity index (χ3n) is 2.15. The van der Waals surface area contributed by atoms with Crippen LogP contribution in [0.3, 0.4) is 0 Å². The molecule has 1 aliphatic heterocycles. The molecule has 0 bridgehead atoms. The summed E-state index contributed by atoms with van der Waals surface area (Å²) in [6.45, 7) is 2.12. The average Bonchev–Trinajstić information content (AvgIpc) is 2.47. The molecule has 2 N–H and O–H groups in total. The fourth-order valence-electron chi connectivity index (χ4n) is 1.52. The van der Waals surface area contributed by atoms with E-state index in [4.69, 9.17) is 5.73 Å². The van der Waals surface area contributed by atoms with Crippen LogP contribution < -0.4 is 10.6 Å². The summed E-state index contributed by atoms with van der Waals surface area (Å²) >= 11 is 1.99.